The third-order valence-electron chi connectivity index (χ3n) is 4.46. The van der Waals surface area contributed by atoms with Crippen molar-refractivity contribution in [1.29, 1.82) is 0 Å². The number of nitro benzene ring substituents is 1. The van der Waals surface area contributed by atoms with Crippen LogP contribution in [0.1, 0.15) is 21.5 Å². The molecule has 7 nitrogen and oxygen atoms in total. The lowest BCUT2D eigenvalue weighted by atomic mass is 10.1. The third-order valence-corrected chi connectivity index (χ3v) is 5.45. The zero-order valence-corrected chi connectivity index (χ0v) is 17.9. The normalized spacial score (nSPS) is 10.4. The Balaban J connectivity index is 1.57. The summed E-state index contributed by atoms with van der Waals surface area (Å²) in [7, 11) is 0. The van der Waals surface area contributed by atoms with E-state index in [1.54, 1.807) is 18.2 Å². The molecule has 0 fully saturated rings. The molecule has 3 rings (SSSR count). The molecular weight excluding hydrogens is 414 g/mol. The van der Waals surface area contributed by atoms with Gasteiger partial charge in [0.25, 0.3) is 11.6 Å². The number of rotatable bonds is 7. The van der Waals surface area contributed by atoms with Crippen LogP contribution in [0.2, 0.25) is 0 Å². The Morgan fingerprint density at radius 1 is 0.968 bits per heavy atom. The number of hydrogen-bond acceptors (Lipinski definition) is 5. The van der Waals surface area contributed by atoms with Crippen LogP contribution in [-0.4, -0.2) is 22.5 Å². The van der Waals surface area contributed by atoms with Crippen LogP contribution in [0.25, 0.3) is 0 Å². The number of hydrogen-bond donors (Lipinski definition) is 2. The predicted octanol–water partition coefficient (Wildman–Crippen LogP) is 5.19. The Hall–Kier alpha value is -3.65. The van der Waals surface area contributed by atoms with E-state index in [0.717, 1.165) is 21.7 Å². The first-order valence-corrected chi connectivity index (χ1v) is 10.5. The average molecular weight is 436 g/mol. The van der Waals surface area contributed by atoms with Crippen molar-refractivity contribution in [2.45, 2.75) is 18.7 Å². The monoisotopic (exact) mass is 435 g/mol. The lowest BCUT2D eigenvalue weighted by Gasteiger charge is -2.10. The summed E-state index contributed by atoms with van der Waals surface area (Å²) in [6, 6.07) is 18.4. The van der Waals surface area contributed by atoms with Crippen molar-refractivity contribution in [2.24, 2.45) is 0 Å². The van der Waals surface area contributed by atoms with Crippen molar-refractivity contribution in [2.75, 3.05) is 16.4 Å². The Morgan fingerprint density at radius 2 is 1.71 bits per heavy atom. The summed E-state index contributed by atoms with van der Waals surface area (Å²) >= 11 is 1.36. The minimum atomic E-state index is -0.515. The highest BCUT2D eigenvalue weighted by atomic mass is 32.2. The summed E-state index contributed by atoms with van der Waals surface area (Å²) in [6.45, 7) is 3.95. The molecule has 0 saturated heterocycles. The molecule has 158 valence electrons. The second kappa shape index (κ2) is 9.90. The zero-order valence-electron chi connectivity index (χ0n) is 17.0. The fourth-order valence-electron chi connectivity index (χ4n) is 2.89. The van der Waals surface area contributed by atoms with Crippen LogP contribution in [0.5, 0.6) is 0 Å². The number of thioether (sulfide) groups is 1. The van der Waals surface area contributed by atoms with Crippen molar-refractivity contribution in [3.8, 4) is 0 Å². The van der Waals surface area contributed by atoms with E-state index in [-0.39, 0.29) is 23.3 Å². The second-order valence-corrected chi connectivity index (χ2v) is 7.99. The summed E-state index contributed by atoms with van der Waals surface area (Å²) in [4.78, 5) is 35.7. The number of nitro groups is 1. The van der Waals surface area contributed by atoms with Gasteiger partial charge in [0.2, 0.25) is 5.91 Å². The fraction of sp³-hybridized carbons (Fsp3) is 0.130. The van der Waals surface area contributed by atoms with Crippen molar-refractivity contribution in [3.63, 3.8) is 0 Å². The quantitative estimate of drug-likeness (QED) is 0.302. The van der Waals surface area contributed by atoms with E-state index in [0.29, 0.717) is 11.3 Å². The van der Waals surface area contributed by atoms with Crippen LogP contribution in [0.4, 0.5) is 17.1 Å². The van der Waals surface area contributed by atoms with Crippen molar-refractivity contribution >= 4 is 40.6 Å². The maximum Gasteiger partial charge on any atom is 0.269 e. The number of benzene rings is 3. The number of aryl methyl sites for hydroxylation is 2. The molecule has 0 aliphatic rings. The van der Waals surface area contributed by atoms with Gasteiger partial charge in [0.15, 0.2) is 0 Å². The topological polar surface area (TPSA) is 101 Å². The molecule has 3 aromatic carbocycles. The van der Waals surface area contributed by atoms with Gasteiger partial charge in [-0.05, 0) is 55.8 Å². The number of amides is 2. The smallest absolute Gasteiger partial charge is 0.269 e. The number of carbonyl (C=O) groups excluding carboxylic acids is 2. The Bertz CT molecular complexity index is 1130. The van der Waals surface area contributed by atoms with Crippen LogP contribution in [0.15, 0.2) is 71.6 Å². The molecule has 0 radical (unpaired) electrons. The standard InChI is InChI=1S/C23H21N3O4S/c1-15-6-11-21(16(2)12-15)25-22(27)14-31-20-5-3-4-18(13-20)24-23(28)17-7-9-19(10-8-17)26(29)30/h3-13H,14H2,1-2H3,(H,24,28)(H,25,27). The first-order valence-electron chi connectivity index (χ1n) is 9.47. The third kappa shape index (κ3) is 6.16. The van der Waals surface area contributed by atoms with Crippen molar-refractivity contribution in [3.05, 3.63) is 93.5 Å². The summed E-state index contributed by atoms with van der Waals surface area (Å²) in [5, 5.41) is 16.4. The van der Waals surface area contributed by atoms with Crippen molar-refractivity contribution < 1.29 is 14.5 Å². The van der Waals surface area contributed by atoms with E-state index in [2.05, 4.69) is 10.6 Å². The van der Waals surface area contributed by atoms with E-state index < -0.39 is 4.92 Å². The second-order valence-electron chi connectivity index (χ2n) is 6.94. The van der Waals surface area contributed by atoms with E-state index in [1.807, 2.05) is 38.1 Å². The Morgan fingerprint density at radius 3 is 2.39 bits per heavy atom. The average Bonchev–Trinajstić information content (AvgIpc) is 2.74. The minimum absolute atomic E-state index is 0.0749. The van der Waals surface area contributed by atoms with Crippen LogP contribution in [0.3, 0.4) is 0 Å². The Labute approximate surface area is 184 Å². The van der Waals surface area contributed by atoms with Gasteiger partial charge < -0.3 is 10.6 Å². The lowest BCUT2D eigenvalue weighted by Crippen LogP contribution is -2.15. The van der Waals surface area contributed by atoms with E-state index in [1.165, 1.54) is 36.0 Å². The molecular formula is C23H21N3O4S. The van der Waals surface area contributed by atoms with Crippen molar-refractivity contribution in [1.82, 2.24) is 0 Å². The number of non-ortho nitro benzene ring substituents is 1. The van der Waals surface area contributed by atoms with Crippen LogP contribution in [-0.2, 0) is 4.79 Å². The number of nitrogens with one attached hydrogen (secondary N) is 2. The fourth-order valence-corrected chi connectivity index (χ4v) is 3.65. The molecule has 2 N–H and O–H groups in total. The zero-order chi connectivity index (χ0) is 22.4. The number of anilines is 2. The van der Waals surface area contributed by atoms with E-state index in [9.17, 15) is 19.7 Å². The predicted molar refractivity (Wildman–Crippen MR) is 123 cm³/mol. The van der Waals surface area contributed by atoms with Crippen LogP contribution >= 0.6 is 11.8 Å². The number of carbonyl (C=O) groups is 2. The minimum Gasteiger partial charge on any atom is -0.325 e. The summed E-state index contributed by atoms with van der Waals surface area (Å²) in [5.41, 5.74) is 3.75. The molecule has 0 spiro atoms. The molecule has 0 heterocycles. The van der Waals surface area contributed by atoms with Crippen LogP contribution in [0, 0.1) is 24.0 Å². The summed E-state index contributed by atoms with van der Waals surface area (Å²) < 4.78 is 0. The van der Waals surface area contributed by atoms with Gasteiger partial charge in [-0.15, -0.1) is 11.8 Å². The molecule has 0 aliphatic heterocycles. The summed E-state index contributed by atoms with van der Waals surface area (Å²) in [5.74, 6) is -0.255. The van der Waals surface area contributed by atoms with E-state index in [4.69, 9.17) is 0 Å². The van der Waals surface area contributed by atoms with Gasteiger partial charge in [0.05, 0.1) is 10.7 Å². The first kappa shape index (κ1) is 22.0. The molecule has 0 saturated carbocycles. The molecule has 0 aromatic heterocycles. The highest BCUT2D eigenvalue weighted by Crippen LogP contribution is 2.23. The first-order chi connectivity index (χ1) is 14.8. The van der Waals surface area contributed by atoms with E-state index >= 15 is 0 Å². The Kier molecular flexibility index (Phi) is 7.04. The van der Waals surface area contributed by atoms with Gasteiger partial charge in [-0.2, -0.15) is 0 Å². The van der Waals surface area contributed by atoms with Gasteiger partial charge >= 0.3 is 0 Å². The molecule has 0 bridgehead atoms. The van der Waals surface area contributed by atoms with Crippen LogP contribution < -0.4 is 10.6 Å². The molecule has 0 atom stereocenters. The molecule has 2 amide bonds. The molecule has 3 aromatic rings. The SMILES string of the molecule is Cc1ccc(NC(=O)CSc2cccc(NC(=O)c3ccc([N+](=O)[O-])cc3)c2)c(C)c1. The van der Waals surface area contributed by atoms with Gasteiger partial charge in [0.1, 0.15) is 0 Å². The summed E-state index contributed by atoms with van der Waals surface area (Å²) in [6.07, 6.45) is 0. The molecule has 31 heavy (non-hydrogen) atoms. The molecule has 0 aliphatic carbocycles. The molecule has 0 unspecified atom stereocenters. The van der Waals surface area contributed by atoms with Gasteiger partial charge in [-0.25, -0.2) is 0 Å². The lowest BCUT2D eigenvalue weighted by molar-refractivity contribution is -0.384. The molecule has 8 heteroatoms. The van der Waals surface area contributed by atoms with Gasteiger partial charge in [-0.3, -0.25) is 19.7 Å². The number of nitrogens with zero attached hydrogens (tertiary/aromatic N) is 1. The maximum absolute atomic E-state index is 12.4. The maximum atomic E-state index is 12.4. The van der Waals surface area contributed by atoms with Gasteiger partial charge in [-0.1, -0.05) is 23.8 Å². The highest BCUT2D eigenvalue weighted by molar-refractivity contribution is 8.00. The highest BCUT2D eigenvalue weighted by Gasteiger charge is 2.11. The largest absolute Gasteiger partial charge is 0.325 e. The van der Waals surface area contributed by atoms with Gasteiger partial charge in [0, 0.05) is 34.0 Å².